The second-order valence-electron chi connectivity index (χ2n) is 4.65. The first-order chi connectivity index (χ1) is 10.9. The molecule has 0 fully saturated rings. The summed E-state index contributed by atoms with van der Waals surface area (Å²) in [4.78, 5) is 19.9. The molecule has 1 aromatic heterocycles. The molecule has 122 valence electrons. The average molecular weight is 358 g/mol. The van der Waals surface area contributed by atoms with Crippen molar-refractivity contribution in [3.63, 3.8) is 0 Å². The third kappa shape index (κ3) is 4.30. The van der Waals surface area contributed by atoms with Gasteiger partial charge in [0, 0.05) is 11.3 Å². The van der Waals surface area contributed by atoms with Gasteiger partial charge in [0.2, 0.25) is 5.28 Å². The van der Waals surface area contributed by atoms with E-state index in [9.17, 15) is 9.18 Å². The Morgan fingerprint density at radius 2 is 1.96 bits per heavy atom. The molecule has 8 heteroatoms. The summed E-state index contributed by atoms with van der Waals surface area (Å²) in [6, 6.07) is 5.64. The first-order valence-electron chi connectivity index (χ1n) is 6.84. The van der Waals surface area contributed by atoms with Crippen LogP contribution in [-0.4, -0.2) is 22.5 Å². The van der Waals surface area contributed by atoms with Gasteiger partial charge in [-0.25, -0.2) is 14.4 Å². The van der Waals surface area contributed by atoms with Crippen molar-refractivity contribution in [3.05, 3.63) is 46.1 Å². The standard InChI is InChI=1S/C15H14Cl2FN3O2/c1-3-23-14(22)8(2)11-12(16)20-15(17)21-13(11)19-10-6-4-9(18)5-7-10/h4-8H,3H2,1-2H3,(H,19,20,21). The van der Waals surface area contributed by atoms with E-state index in [1.807, 2.05) is 0 Å². The first kappa shape index (κ1) is 17.4. The lowest BCUT2D eigenvalue weighted by atomic mass is 10.0. The lowest BCUT2D eigenvalue weighted by Gasteiger charge is -2.17. The number of nitrogens with one attached hydrogen (secondary N) is 1. The van der Waals surface area contributed by atoms with E-state index in [4.69, 9.17) is 27.9 Å². The molecule has 0 amide bonds. The molecule has 0 aliphatic carbocycles. The quantitative estimate of drug-likeness (QED) is 0.490. The van der Waals surface area contributed by atoms with Crippen LogP contribution in [-0.2, 0) is 9.53 Å². The van der Waals surface area contributed by atoms with E-state index in [1.165, 1.54) is 24.3 Å². The van der Waals surface area contributed by atoms with E-state index in [2.05, 4.69) is 15.3 Å². The summed E-state index contributed by atoms with van der Waals surface area (Å²) in [7, 11) is 0. The van der Waals surface area contributed by atoms with Crippen LogP contribution >= 0.6 is 23.2 Å². The number of esters is 1. The van der Waals surface area contributed by atoms with E-state index < -0.39 is 11.9 Å². The molecule has 0 aliphatic heterocycles. The van der Waals surface area contributed by atoms with Gasteiger partial charge in [-0.3, -0.25) is 4.79 Å². The largest absolute Gasteiger partial charge is 0.466 e. The molecule has 0 saturated heterocycles. The molecule has 1 heterocycles. The van der Waals surface area contributed by atoms with Gasteiger partial charge >= 0.3 is 5.97 Å². The third-order valence-corrected chi connectivity index (χ3v) is 3.51. The van der Waals surface area contributed by atoms with Gasteiger partial charge in [0.25, 0.3) is 0 Å². The Morgan fingerprint density at radius 3 is 2.57 bits per heavy atom. The molecule has 5 nitrogen and oxygen atoms in total. The predicted molar refractivity (Wildman–Crippen MR) is 86.8 cm³/mol. The van der Waals surface area contributed by atoms with Crippen LogP contribution in [0.5, 0.6) is 0 Å². The van der Waals surface area contributed by atoms with Crippen molar-refractivity contribution in [2.75, 3.05) is 11.9 Å². The smallest absolute Gasteiger partial charge is 0.313 e. The number of anilines is 2. The molecule has 2 rings (SSSR count). The zero-order chi connectivity index (χ0) is 17.0. The van der Waals surface area contributed by atoms with Crippen molar-refractivity contribution in [1.82, 2.24) is 9.97 Å². The Bertz CT molecular complexity index is 711. The molecule has 1 atom stereocenters. The summed E-state index contributed by atoms with van der Waals surface area (Å²) in [5, 5.41) is 2.95. The van der Waals surface area contributed by atoms with Gasteiger partial charge in [0.15, 0.2) is 0 Å². The number of benzene rings is 1. The molecule has 0 aliphatic rings. The minimum atomic E-state index is -0.692. The fourth-order valence-electron chi connectivity index (χ4n) is 1.95. The average Bonchev–Trinajstić information content (AvgIpc) is 2.49. The number of carbonyl (C=O) groups is 1. The van der Waals surface area contributed by atoms with Gasteiger partial charge in [0.1, 0.15) is 16.8 Å². The fraction of sp³-hybridized carbons (Fsp3) is 0.267. The number of ether oxygens (including phenoxy) is 1. The Kier molecular flexibility index (Phi) is 5.74. The van der Waals surface area contributed by atoms with Crippen molar-refractivity contribution < 1.29 is 13.9 Å². The third-order valence-electron chi connectivity index (χ3n) is 3.05. The van der Waals surface area contributed by atoms with E-state index >= 15 is 0 Å². The number of nitrogens with zero attached hydrogens (tertiary/aromatic N) is 2. The summed E-state index contributed by atoms with van der Waals surface area (Å²) in [6.07, 6.45) is 0. The SMILES string of the molecule is CCOC(=O)C(C)c1c(Cl)nc(Cl)nc1Nc1ccc(F)cc1. The van der Waals surface area contributed by atoms with E-state index in [1.54, 1.807) is 13.8 Å². The van der Waals surface area contributed by atoms with Crippen LogP contribution in [0.3, 0.4) is 0 Å². The van der Waals surface area contributed by atoms with Gasteiger partial charge in [-0.1, -0.05) is 11.6 Å². The summed E-state index contributed by atoms with van der Waals surface area (Å²) in [5.41, 5.74) is 0.924. The number of hydrogen-bond acceptors (Lipinski definition) is 5. The van der Waals surface area contributed by atoms with Crippen molar-refractivity contribution in [2.45, 2.75) is 19.8 Å². The monoisotopic (exact) mass is 357 g/mol. The maximum Gasteiger partial charge on any atom is 0.313 e. The maximum atomic E-state index is 13.0. The Morgan fingerprint density at radius 1 is 1.30 bits per heavy atom. The summed E-state index contributed by atoms with van der Waals surface area (Å²) in [6.45, 7) is 3.59. The molecular formula is C15H14Cl2FN3O2. The highest BCUT2D eigenvalue weighted by atomic mass is 35.5. The Balaban J connectivity index is 2.41. The fourth-order valence-corrected chi connectivity index (χ4v) is 2.50. The normalized spacial score (nSPS) is 11.9. The molecule has 0 saturated carbocycles. The van der Waals surface area contributed by atoms with Crippen molar-refractivity contribution in [3.8, 4) is 0 Å². The molecule has 1 unspecified atom stereocenters. The molecular weight excluding hydrogens is 344 g/mol. The van der Waals surface area contributed by atoms with E-state index in [0.29, 0.717) is 11.3 Å². The number of carbonyl (C=O) groups excluding carboxylic acids is 1. The number of rotatable bonds is 5. The Labute approximate surface area is 142 Å². The van der Waals surface area contributed by atoms with Gasteiger partial charge in [-0.15, -0.1) is 0 Å². The highest BCUT2D eigenvalue weighted by Gasteiger charge is 2.25. The van der Waals surface area contributed by atoms with Gasteiger partial charge in [-0.05, 0) is 49.7 Å². The van der Waals surface area contributed by atoms with Crippen LogP contribution in [0.2, 0.25) is 10.4 Å². The van der Waals surface area contributed by atoms with Crippen molar-refractivity contribution in [2.24, 2.45) is 0 Å². The van der Waals surface area contributed by atoms with Crippen LogP contribution in [0, 0.1) is 5.82 Å². The summed E-state index contributed by atoms with van der Waals surface area (Å²) >= 11 is 12.0. The molecule has 2 aromatic rings. The predicted octanol–water partition coefficient (Wildman–Crippen LogP) is 4.33. The lowest BCUT2D eigenvalue weighted by molar-refractivity contribution is -0.144. The molecule has 0 radical (unpaired) electrons. The van der Waals surface area contributed by atoms with Gasteiger partial charge in [0.05, 0.1) is 12.5 Å². The molecule has 0 spiro atoms. The second kappa shape index (κ2) is 7.57. The van der Waals surface area contributed by atoms with Gasteiger partial charge < -0.3 is 10.1 Å². The lowest BCUT2D eigenvalue weighted by Crippen LogP contribution is -2.16. The maximum absolute atomic E-state index is 13.0. The highest BCUT2D eigenvalue weighted by Crippen LogP contribution is 2.32. The Hall–Kier alpha value is -1.92. The van der Waals surface area contributed by atoms with Crippen molar-refractivity contribution >= 4 is 40.7 Å². The topological polar surface area (TPSA) is 64.1 Å². The van der Waals surface area contributed by atoms with Crippen LogP contribution < -0.4 is 5.32 Å². The minimum Gasteiger partial charge on any atom is -0.466 e. The molecule has 0 bridgehead atoms. The second-order valence-corrected chi connectivity index (χ2v) is 5.35. The number of halogens is 3. The molecule has 23 heavy (non-hydrogen) atoms. The van der Waals surface area contributed by atoms with Crippen LogP contribution in [0.15, 0.2) is 24.3 Å². The van der Waals surface area contributed by atoms with Crippen LogP contribution in [0.1, 0.15) is 25.3 Å². The van der Waals surface area contributed by atoms with Crippen LogP contribution in [0.4, 0.5) is 15.9 Å². The number of hydrogen-bond donors (Lipinski definition) is 1. The van der Waals surface area contributed by atoms with E-state index in [0.717, 1.165) is 0 Å². The van der Waals surface area contributed by atoms with E-state index in [-0.39, 0.29) is 28.7 Å². The summed E-state index contributed by atoms with van der Waals surface area (Å²) in [5.74, 6) is -1.25. The zero-order valence-electron chi connectivity index (χ0n) is 12.4. The highest BCUT2D eigenvalue weighted by molar-refractivity contribution is 6.33. The first-order valence-corrected chi connectivity index (χ1v) is 7.60. The summed E-state index contributed by atoms with van der Waals surface area (Å²) < 4.78 is 18.0. The molecule has 1 N–H and O–H groups in total. The minimum absolute atomic E-state index is 0.0511. The molecule has 1 aromatic carbocycles. The zero-order valence-corrected chi connectivity index (χ0v) is 14.0. The van der Waals surface area contributed by atoms with Gasteiger partial charge in [-0.2, -0.15) is 0 Å². The van der Waals surface area contributed by atoms with Crippen LogP contribution in [0.25, 0.3) is 0 Å². The van der Waals surface area contributed by atoms with Crippen molar-refractivity contribution in [1.29, 1.82) is 0 Å². The number of aromatic nitrogens is 2.